The van der Waals surface area contributed by atoms with Gasteiger partial charge in [-0.3, -0.25) is 14.0 Å². The number of amides is 1. The number of benzene rings is 4. The summed E-state index contributed by atoms with van der Waals surface area (Å²) in [6, 6.07) is 12.7. The average Bonchev–Trinajstić information content (AvgIpc) is 3.41. The van der Waals surface area contributed by atoms with Crippen LogP contribution in [-0.2, 0) is 30.0 Å². The lowest BCUT2D eigenvalue weighted by molar-refractivity contribution is 0.189. The number of carboxylic acid groups (broad SMARTS) is 1. The molecule has 270 valence electrons. The number of carbonyl (C=O) groups is 1. The maximum Gasteiger partial charge on any atom is 0.405 e. The van der Waals surface area contributed by atoms with Crippen LogP contribution in [-0.4, -0.2) is 52.3 Å². The van der Waals surface area contributed by atoms with Crippen molar-refractivity contribution in [1.29, 1.82) is 0 Å². The number of halogens is 5. The molecule has 0 aliphatic heterocycles. The van der Waals surface area contributed by atoms with Crippen molar-refractivity contribution < 1.29 is 36.2 Å². The highest BCUT2D eigenvalue weighted by Crippen LogP contribution is 2.38. The zero-order valence-corrected chi connectivity index (χ0v) is 29.7. The van der Waals surface area contributed by atoms with Crippen LogP contribution in [0.1, 0.15) is 23.0 Å². The number of nitrogens with one attached hydrogen (secondary N) is 1. The monoisotopic (exact) mass is 774 g/mol. The molecule has 6 rings (SSSR count). The Kier molecular flexibility index (Phi) is 9.83. The van der Waals surface area contributed by atoms with E-state index >= 15 is 0 Å². The molecule has 0 saturated carbocycles. The van der Waals surface area contributed by atoms with Gasteiger partial charge >= 0.3 is 6.09 Å². The van der Waals surface area contributed by atoms with Crippen molar-refractivity contribution in [2.75, 3.05) is 17.7 Å². The van der Waals surface area contributed by atoms with Crippen molar-refractivity contribution in [3.8, 4) is 11.4 Å². The number of hydrogen-bond acceptors (Lipinski definition) is 7. The number of nitrogens with zero attached hydrogens (tertiary/aromatic N) is 5. The zero-order valence-electron chi connectivity index (χ0n) is 27.4. The van der Waals surface area contributed by atoms with E-state index in [9.17, 15) is 36.3 Å². The average molecular weight is 776 g/mol. The minimum Gasteiger partial charge on any atom is -0.497 e. The van der Waals surface area contributed by atoms with Crippen molar-refractivity contribution in [1.82, 2.24) is 24.6 Å². The zero-order chi connectivity index (χ0) is 37.6. The van der Waals surface area contributed by atoms with Gasteiger partial charge in [-0.2, -0.15) is 5.10 Å². The van der Waals surface area contributed by atoms with Crippen LogP contribution in [0.2, 0.25) is 10.0 Å². The minimum absolute atomic E-state index is 0.0145. The molecule has 0 unspecified atom stereocenters. The first-order valence-electron chi connectivity index (χ1n) is 15.2. The molecular weight excluding hydrogens is 748 g/mol. The first kappa shape index (κ1) is 36.5. The van der Waals surface area contributed by atoms with Gasteiger partial charge in [0.15, 0.2) is 5.82 Å². The van der Waals surface area contributed by atoms with Crippen LogP contribution >= 0.6 is 23.2 Å². The molecule has 0 saturated heterocycles. The first-order valence-corrected chi connectivity index (χ1v) is 17.8. The molecule has 52 heavy (non-hydrogen) atoms. The maximum atomic E-state index is 14.8. The Morgan fingerprint density at radius 1 is 1.00 bits per heavy atom. The van der Waals surface area contributed by atoms with Crippen LogP contribution in [0.25, 0.3) is 27.5 Å². The second-order valence-corrected chi connectivity index (χ2v) is 14.4. The van der Waals surface area contributed by atoms with E-state index in [1.165, 1.54) is 37.0 Å². The number of ether oxygens (including phenoxy) is 1. The van der Waals surface area contributed by atoms with Crippen LogP contribution < -0.4 is 19.9 Å². The van der Waals surface area contributed by atoms with Gasteiger partial charge in [0.25, 0.3) is 5.56 Å². The Bertz CT molecular complexity index is 2550. The summed E-state index contributed by atoms with van der Waals surface area (Å²) in [5.41, 5.74) is -0.409. The van der Waals surface area contributed by atoms with Gasteiger partial charge in [-0.15, -0.1) is 0 Å². The molecular formula is C34H27Cl2F3N6O6S. The Morgan fingerprint density at radius 2 is 1.67 bits per heavy atom. The van der Waals surface area contributed by atoms with Crippen molar-refractivity contribution in [3.05, 3.63) is 122 Å². The number of aryl methyl sites for hydroxylation is 1. The fraction of sp³-hybridized carbons (Fsp3) is 0.176. The Balaban J connectivity index is 1.65. The van der Waals surface area contributed by atoms with Crippen molar-refractivity contribution in [3.63, 3.8) is 0 Å². The second kappa shape index (κ2) is 14.0. The smallest absolute Gasteiger partial charge is 0.405 e. The van der Waals surface area contributed by atoms with E-state index in [1.54, 1.807) is 24.3 Å². The van der Waals surface area contributed by atoms with Crippen molar-refractivity contribution in [2.45, 2.75) is 19.0 Å². The highest BCUT2D eigenvalue weighted by atomic mass is 35.5. The Hall–Kier alpha value is -5.32. The van der Waals surface area contributed by atoms with Crippen molar-refractivity contribution >= 4 is 66.9 Å². The number of anilines is 1. The molecule has 2 aromatic heterocycles. The molecule has 0 spiro atoms. The van der Waals surface area contributed by atoms with Gasteiger partial charge in [0, 0.05) is 19.5 Å². The Morgan fingerprint density at radius 3 is 2.29 bits per heavy atom. The van der Waals surface area contributed by atoms with E-state index in [4.69, 9.17) is 27.9 Å². The highest BCUT2D eigenvalue weighted by molar-refractivity contribution is 7.92. The third-order valence-electron chi connectivity index (χ3n) is 8.19. The van der Waals surface area contributed by atoms with Crippen LogP contribution in [0, 0.1) is 17.5 Å². The third-order valence-corrected chi connectivity index (χ3v) is 9.97. The minimum atomic E-state index is -4.04. The van der Waals surface area contributed by atoms with E-state index in [0.717, 1.165) is 33.3 Å². The van der Waals surface area contributed by atoms with Gasteiger partial charge in [0.05, 0.1) is 63.5 Å². The van der Waals surface area contributed by atoms with Gasteiger partial charge in [-0.25, -0.2) is 35.7 Å². The summed E-state index contributed by atoms with van der Waals surface area (Å²) in [7, 11) is -1.08. The summed E-state index contributed by atoms with van der Waals surface area (Å²) in [5.74, 6) is -2.63. The van der Waals surface area contributed by atoms with Gasteiger partial charge in [-0.1, -0.05) is 35.3 Å². The summed E-state index contributed by atoms with van der Waals surface area (Å²) in [6.45, 7) is -0.179. The van der Waals surface area contributed by atoms with E-state index in [2.05, 4.69) is 15.4 Å². The summed E-state index contributed by atoms with van der Waals surface area (Å²) in [5, 5.41) is 15.8. The van der Waals surface area contributed by atoms with E-state index < -0.39 is 56.6 Å². The molecule has 2 heterocycles. The standard InChI is InChI=1S/C34H27Cl2F3N6O6S/c1-43-30-26(11-8-22(35)27(30)32(42-43)44(52(3,49)50)16-17-4-6-21(51-2)7-5-17)45-31(40-24-10-9-23(39)29(36)28(24)33(45)46)25(41-34(47)48)14-18-12-19(37)15-20(38)13-18/h4-13,15,25,41H,14,16H2,1-3H3,(H,47,48)/t25-/m0/s1. The maximum absolute atomic E-state index is 14.8. The largest absolute Gasteiger partial charge is 0.497 e. The molecule has 18 heteroatoms. The summed E-state index contributed by atoms with van der Waals surface area (Å²) in [6.07, 6.45) is -0.977. The molecule has 1 amide bonds. The SMILES string of the molecule is COc1ccc(CN(c2nn(C)c3c(-n4c([C@H](Cc5cc(F)cc(F)c5)NC(=O)O)nc5ccc(F)c(Cl)c5c4=O)ccc(Cl)c23)S(C)(=O)=O)cc1. The third kappa shape index (κ3) is 6.96. The predicted molar refractivity (Wildman–Crippen MR) is 190 cm³/mol. The predicted octanol–water partition coefficient (Wildman–Crippen LogP) is 6.52. The molecule has 0 aliphatic rings. The molecule has 0 aliphatic carbocycles. The lowest BCUT2D eigenvalue weighted by Gasteiger charge is -2.23. The number of hydrogen-bond donors (Lipinski definition) is 2. The van der Waals surface area contributed by atoms with Gasteiger partial charge in [-0.05, 0) is 59.7 Å². The summed E-state index contributed by atoms with van der Waals surface area (Å²) in [4.78, 5) is 31.2. The van der Waals surface area contributed by atoms with E-state index in [0.29, 0.717) is 17.4 Å². The lowest BCUT2D eigenvalue weighted by atomic mass is 10.0. The fourth-order valence-electron chi connectivity index (χ4n) is 5.95. The van der Waals surface area contributed by atoms with Gasteiger partial charge in [0.2, 0.25) is 10.0 Å². The van der Waals surface area contributed by atoms with Crippen LogP contribution in [0.5, 0.6) is 5.75 Å². The van der Waals surface area contributed by atoms with Gasteiger partial charge < -0.3 is 15.2 Å². The summed E-state index contributed by atoms with van der Waals surface area (Å²) < 4.78 is 78.3. The number of methoxy groups -OCH3 is 1. The molecule has 6 aromatic rings. The number of rotatable bonds is 10. The molecule has 4 aromatic carbocycles. The fourth-order valence-corrected chi connectivity index (χ4v) is 7.26. The second-order valence-electron chi connectivity index (χ2n) is 11.7. The quantitative estimate of drug-likeness (QED) is 0.160. The molecule has 1 atom stereocenters. The van der Waals surface area contributed by atoms with Crippen molar-refractivity contribution in [2.24, 2.45) is 7.05 Å². The highest BCUT2D eigenvalue weighted by Gasteiger charge is 2.30. The number of aromatic nitrogens is 4. The normalized spacial score (nSPS) is 12.3. The molecule has 12 nitrogen and oxygen atoms in total. The van der Waals surface area contributed by atoms with E-state index in [-0.39, 0.29) is 56.3 Å². The molecule has 0 bridgehead atoms. The van der Waals surface area contributed by atoms with Crippen LogP contribution in [0.15, 0.2) is 71.5 Å². The first-order chi connectivity index (χ1) is 24.6. The summed E-state index contributed by atoms with van der Waals surface area (Å²) >= 11 is 13.0. The molecule has 2 N–H and O–H groups in total. The van der Waals surface area contributed by atoms with Gasteiger partial charge in [0.1, 0.15) is 29.0 Å². The number of sulfonamides is 1. The number of fused-ring (bicyclic) bond motifs is 2. The Labute approximate surface area is 303 Å². The molecule has 0 radical (unpaired) electrons. The topological polar surface area (TPSA) is 149 Å². The van der Waals surface area contributed by atoms with Crippen LogP contribution in [0.4, 0.5) is 23.8 Å². The molecule has 0 fully saturated rings. The van der Waals surface area contributed by atoms with Crippen LogP contribution in [0.3, 0.4) is 0 Å². The lowest BCUT2D eigenvalue weighted by Crippen LogP contribution is -2.35. The van der Waals surface area contributed by atoms with E-state index in [1.807, 2.05) is 0 Å².